The molecule has 2 aliphatic rings. The summed E-state index contributed by atoms with van der Waals surface area (Å²) in [5.74, 6) is 2.57. The average Bonchev–Trinajstić information content (AvgIpc) is 3.17. The van der Waals surface area contributed by atoms with E-state index in [0.717, 1.165) is 37.6 Å². The van der Waals surface area contributed by atoms with Crippen LogP contribution in [0.5, 0.6) is 0 Å². The van der Waals surface area contributed by atoms with E-state index in [0.29, 0.717) is 12.5 Å². The van der Waals surface area contributed by atoms with E-state index < -0.39 is 0 Å². The first-order chi connectivity index (χ1) is 11.1. The van der Waals surface area contributed by atoms with Crippen LogP contribution in [-0.4, -0.2) is 32.1 Å². The lowest BCUT2D eigenvalue weighted by Crippen LogP contribution is -2.41. The molecule has 120 valence electrons. The van der Waals surface area contributed by atoms with Crippen LogP contribution in [0.1, 0.15) is 54.9 Å². The van der Waals surface area contributed by atoms with Crippen molar-refractivity contribution < 1.29 is 4.79 Å². The molecule has 0 unspecified atom stereocenters. The third-order valence-corrected chi connectivity index (χ3v) is 5.04. The number of amides is 1. The molecule has 0 saturated heterocycles. The number of carbonyl (C=O) groups is 1. The van der Waals surface area contributed by atoms with Crippen LogP contribution in [0.2, 0.25) is 0 Å². The molecule has 0 fully saturated rings. The lowest BCUT2D eigenvalue weighted by atomic mass is 9.99. The molecule has 5 heteroatoms. The number of hydrogen-bond donors (Lipinski definition) is 0. The fourth-order valence-corrected chi connectivity index (χ4v) is 3.83. The topological polar surface area (TPSA) is 51.0 Å². The summed E-state index contributed by atoms with van der Waals surface area (Å²) >= 11 is 0. The van der Waals surface area contributed by atoms with E-state index in [-0.39, 0.29) is 11.8 Å². The van der Waals surface area contributed by atoms with Crippen molar-refractivity contribution in [1.29, 1.82) is 0 Å². The van der Waals surface area contributed by atoms with E-state index in [4.69, 9.17) is 0 Å². The SMILES string of the molecule is CC(C)c1nnc2n1CCN(C(=O)[C@@H]1CCc3ccccc31)C2. The molecular formula is C18H22N4O. The van der Waals surface area contributed by atoms with Crippen LogP contribution in [0.4, 0.5) is 0 Å². The van der Waals surface area contributed by atoms with Gasteiger partial charge in [-0.3, -0.25) is 4.79 Å². The molecular weight excluding hydrogens is 288 g/mol. The first-order valence-corrected chi connectivity index (χ1v) is 8.43. The van der Waals surface area contributed by atoms with Crippen molar-refractivity contribution in [2.75, 3.05) is 6.54 Å². The minimum absolute atomic E-state index is 0.0187. The summed E-state index contributed by atoms with van der Waals surface area (Å²) in [5, 5.41) is 8.60. The van der Waals surface area contributed by atoms with Crippen molar-refractivity contribution >= 4 is 5.91 Å². The zero-order valence-electron chi connectivity index (χ0n) is 13.7. The minimum Gasteiger partial charge on any atom is -0.333 e. The Hall–Kier alpha value is -2.17. The second-order valence-corrected chi connectivity index (χ2v) is 6.83. The summed E-state index contributed by atoms with van der Waals surface area (Å²) in [7, 11) is 0. The van der Waals surface area contributed by atoms with Gasteiger partial charge in [0.15, 0.2) is 5.82 Å². The Bertz CT molecular complexity index is 749. The molecule has 2 heterocycles. The molecule has 1 atom stereocenters. The average molecular weight is 310 g/mol. The molecule has 1 aliphatic heterocycles. The van der Waals surface area contributed by atoms with Gasteiger partial charge in [-0.25, -0.2) is 0 Å². The van der Waals surface area contributed by atoms with E-state index in [1.807, 2.05) is 11.0 Å². The number of aryl methyl sites for hydroxylation is 1. The Morgan fingerprint density at radius 1 is 1.22 bits per heavy atom. The molecule has 5 nitrogen and oxygen atoms in total. The van der Waals surface area contributed by atoms with Gasteiger partial charge in [0.05, 0.1) is 12.5 Å². The Balaban J connectivity index is 1.55. The number of carbonyl (C=O) groups excluding carboxylic acids is 1. The standard InChI is InChI=1S/C18H22N4O/c1-12(2)17-20-19-16-11-21(9-10-22(16)17)18(23)15-8-7-13-5-3-4-6-14(13)15/h3-6,12,15H,7-11H2,1-2H3/t15-/m1/s1. The van der Waals surface area contributed by atoms with Gasteiger partial charge >= 0.3 is 0 Å². The van der Waals surface area contributed by atoms with Crippen molar-refractivity contribution in [2.45, 2.75) is 51.6 Å². The Labute approximate surface area is 136 Å². The van der Waals surface area contributed by atoms with Crippen LogP contribution in [0.25, 0.3) is 0 Å². The molecule has 1 aliphatic carbocycles. The lowest BCUT2D eigenvalue weighted by molar-refractivity contribution is -0.134. The van der Waals surface area contributed by atoms with E-state index >= 15 is 0 Å². The second-order valence-electron chi connectivity index (χ2n) is 6.83. The molecule has 1 amide bonds. The molecule has 23 heavy (non-hydrogen) atoms. The van der Waals surface area contributed by atoms with Gasteiger partial charge in [0.1, 0.15) is 5.82 Å². The van der Waals surface area contributed by atoms with Crippen molar-refractivity contribution in [1.82, 2.24) is 19.7 Å². The molecule has 0 N–H and O–H groups in total. The van der Waals surface area contributed by atoms with E-state index in [2.05, 4.69) is 46.8 Å². The zero-order valence-corrected chi connectivity index (χ0v) is 13.7. The van der Waals surface area contributed by atoms with E-state index in [9.17, 15) is 4.79 Å². The largest absolute Gasteiger partial charge is 0.333 e. The Morgan fingerprint density at radius 2 is 2.04 bits per heavy atom. The first-order valence-electron chi connectivity index (χ1n) is 8.43. The highest BCUT2D eigenvalue weighted by atomic mass is 16.2. The molecule has 0 spiro atoms. The number of fused-ring (bicyclic) bond motifs is 2. The predicted molar refractivity (Wildman–Crippen MR) is 87.0 cm³/mol. The molecule has 0 bridgehead atoms. The van der Waals surface area contributed by atoms with Gasteiger partial charge < -0.3 is 9.47 Å². The van der Waals surface area contributed by atoms with Gasteiger partial charge in [-0.15, -0.1) is 10.2 Å². The van der Waals surface area contributed by atoms with Crippen LogP contribution < -0.4 is 0 Å². The summed E-state index contributed by atoms with van der Waals surface area (Å²) < 4.78 is 2.18. The summed E-state index contributed by atoms with van der Waals surface area (Å²) in [6, 6.07) is 8.34. The first kappa shape index (κ1) is 14.4. The van der Waals surface area contributed by atoms with Crippen molar-refractivity contribution in [3.8, 4) is 0 Å². The van der Waals surface area contributed by atoms with Crippen LogP contribution >= 0.6 is 0 Å². The highest BCUT2D eigenvalue weighted by Gasteiger charge is 2.34. The summed E-state index contributed by atoms with van der Waals surface area (Å²) in [6.45, 7) is 6.39. The fourth-order valence-electron chi connectivity index (χ4n) is 3.83. The monoisotopic (exact) mass is 310 g/mol. The van der Waals surface area contributed by atoms with Gasteiger partial charge in [-0.05, 0) is 24.0 Å². The van der Waals surface area contributed by atoms with Gasteiger partial charge in [0.25, 0.3) is 0 Å². The zero-order chi connectivity index (χ0) is 16.0. The number of benzene rings is 1. The predicted octanol–water partition coefficient (Wildman–Crippen LogP) is 2.47. The number of nitrogens with zero attached hydrogens (tertiary/aromatic N) is 4. The summed E-state index contributed by atoms with van der Waals surface area (Å²) in [6.07, 6.45) is 1.94. The van der Waals surface area contributed by atoms with Gasteiger partial charge in [-0.2, -0.15) is 0 Å². The second kappa shape index (κ2) is 5.48. The third-order valence-electron chi connectivity index (χ3n) is 5.04. The molecule has 1 aromatic carbocycles. The van der Waals surface area contributed by atoms with Crippen LogP contribution in [0.3, 0.4) is 0 Å². The molecule has 1 aromatic heterocycles. The summed E-state index contributed by atoms with van der Waals surface area (Å²) in [5.41, 5.74) is 2.54. The Morgan fingerprint density at radius 3 is 2.87 bits per heavy atom. The smallest absolute Gasteiger partial charge is 0.230 e. The molecule has 4 rings (SSSR count). The number of rotatable bonds is 2. The maximum Gasteiger partial charge on any atom is 0.230 e. The quantitative estimate of drug-likeness (QED) is 0.856. The number of hydrogen-bond acceptors (Lipinski definition) is 3. The fraction of sp³-hybridized carbons (Fsp3) is 0.500. The normalized spacial score (nSPS) is 19.8. The lowest BCUT2D eigenvalue weighted by Gasteiger charge is -2.30. The summed E-state index contributed by atoms with van der Waals surface area (Å²) in [4.78, 5) is 14.9. The van der Waals surface area contributed by atoms with Gasteiger partial charge in [0, 0.05) is 19.0 Å². The highest BCUT2D eigenvalue weighted by Crippen LogP contribution is 2.35. The van der Waals surface area contributed by atoms with Crippen molar-refractivity contribution in [3.63, 3.8) is 0 Å². The third kappa shape index (κ3) is 2.35. The molecule has 0 radical (unpaired) electrons. The van der Waals surface area contributed by atoms with E-state index in [1.54, 1.807) is 0 Å². The number of aromatic nitrogens is 3. The Kier molecular flexibility index (Phi) is 3.43. The van der Waals surface area contributed by atoms with Crippen molar-refractivity contribution in [2.24, 2.45) is 0 Å². The van der Waals surface area contributed by atoms with E-state index in [1.165, 1.54) is 11.1 Å². The molecule has 2 aromatic rings. The van der Waals surface area contributed by atoms with Crippen LogP contribution in [0.15, 0.2) is 24.3 Å². The van der Waals surface area contributed by atoms with Gasteiger partial charge in [-0.1, -0.05) is 38.1 Å². The van der Waals surface area contributed by atoms with Crippen molar-refractivity contribution in [3.05, 3.63) is 47.0 Å². The minimum atomic E-state index is 0.0187. The van der Waals surface area contributed by atoms with Crippen LogP contribution in [0, 0.1) is 0 Å². The van der Waals surface area contributed by atoms with Crippen LogP contribution in [-0.2, 0) is 24.3 Å². The van der Waals surface area contributed by atoms with Gasteiger partial charge in [0.2, 0.25) is 5.91 Å². The molecule has 0 saturated carbocycles. The highest BCUT2D eigenvalue weighted by molar-refractivity contribution is 5.85. The maximum absolute atomic E-state index is 13.0. The maximum atomic E-state index is 13.0.